The second-order valence-electron chi connectivity index (χ2n) is 2.18. The van der Waals surface area contributed by atoms with Crippen LogP contribution in [0.4, 0.5) is 0 Å². The van der Waals surface area contributed by atoms with Crippen molar-refractivity contribution >= 4 is 0 Å². The Bertz CT molecular complexity index is 132. The Hall–Kier alpha value is -0.560. The van der Waals surface area contributed by atoms with Gasteiger partial charge < -0.3 is 5.11 Å². The van der Waals surface area contributed by atoms with Crippen LogP contribution in [0.25, 0.3) is 0 Å². The molecule has 0 aliphatic rings. The van der Waals surface area contributed by atoms with Crippen molar-refractivity contribution in [3.63, 3.8) is 0 Å². The molecule has 0 aromatic carbocycles. The molecule has 0 aliphatic heterocycles. The molecule has 0 saturated heterocycles. The number of hydrogen-bond acceptors (Lipinski definition) is 1. The van der Waals surface area contributed by atoms with Gasteiger partial charge in [0.2, 0.25) is 0 Å². The van der Waals surface area contributed by atoms with Gasteiger partial charge in [-0.05, 0) is 26.3 Å². The molecule has 1 heteroatoms. The van der Waals surface area contributed by atoms with Crippen molar-refractivity contribution in [1.29, 1.82) is 0 Å². The topological polar surface area (TPSA) is 20.2 Å². The van der Waals surface area contributed by atoms with Crippen LogP contribution >= 0.6 is 0 Å². The summed E-state index contributed by atoms with van der Waals surface area (Å²) in [6.07, 6.45) is 3.99. The lowest BCUT2D eigenvalue weighted by atomic mass is 10.2. The Morgan fingerprint density at radius 3 is 2.33 bits per heavy atom. The number of allylic oxidation sites excluding steroid dienone is 3. The Morgan fingerprint density at radius 2 is 2.00 bits per heavy atom. The second-order valence-corrected chi connectivity index (χ2v) is 2.18. The molecule has 1 nitrogen and oxygen atoms in total. The molecule has 0 spiro atoms. The fourth-order valence-electron chi connectivity index (χ4n) is 0.518. The predicted molar refractivity (Wildman–Crippen MR) is 40.3 cm³/mol. The zero-order valence-corrected chi connectivity index (χ0v) is 6.31. The monoisotopic (exact) mass is 126 g/mol. The lowest BCUT2D eigenvalue weighted by Gasteiger charge is -1.93. The first-order valence-electron chi connectivity index (χ1n) is 3.11. The summed E-state index contributed by atoms with van der Waals surface area (Å²) in [5.74, 6) is 0. The van der Waals surface area contributed by atoms with E-state index in [0.717, 1.165) is 5.57 Å². The zero-order chi connectivity index (χ0) is 7.28. The van der Waals surface area contributed by atoms with Crippen molar-refractivity contribution in [2.45, 2.75) is 20.8 Å². The van der Waals surface area contributed by atoms with E-state index in [1.54, 1.807) is 0 Å². The molecule has 0 saturated carbocycles. The van der Waals surface area contributed by atoms with E-state index in [2.05, 4.69) is 0 Å². The molecule has 0 unspecified atom stereocenters. The zero-order valence-electron chi connectivity index (χ0n) is 6.31. The van der Waals surface area contributed by atoms with Crippen LogP contribution in [-0.2, 0) is 0 Å². The average molecular weight is 126 g/mol. The number of aliphatic hydroxyl groups excluding tert-OH is 1. The molecule has 0 fully saturated rings. The molecule has 0 rings (SSSR count). The normalized spacial score (nSPS) is 14.2. The molecule has 0 amide bonds. The van der Waals surface area contributed by atoms with Crippen LogP contribution in [0.15, 0.2) is 23.3 Å². The van der Waals surface area contributed by atoms with Crippen LogP contribution in [0.3, 0.4) is 0 Å². The highest BCUT2D eigenvalue weighted by molar-refractivity contribution is 5.19. The quantitative estimate of drug-likeness (QED) is 0.560. The Morgan fingerprint density at radius 1 is 1.44 bits per heavy atom. The maximum Gasteiger partial charge on any atom is 0.0642 e. The first-order valence-corrected chi connectivity index (χ1v) is 3.11. The molecule has 0 aromatic heterocycles. The smallest absolute Gasteiger partial charge is 0.0642 e. The third-order valence-corrected chi connectivity index (χ3v) is 1.18. The minimum Gasteiger partial charge on any atom is -0.392 e. The fourth-order valence-corrected chi connectivity index (χ4v) is 0.518. The summed E-state index contributed by atoms with van der Waals surface area (Å²) in [6, 6.07) is 0. The molecule has 0 bridgehead atoms. The SMILES string of the molecule is C/C=C(C)\C=C(/C)CO. The lowest BCUT2D eigenvalue weighted by Crippen LogP contribution is -1.83. The number of hydrogen-bond donors (Lipinski definition) is 1. The molecule has 1 N–H and O–H groups in total. The Kier molecular flexibility index (Phi) is 4.06. The van der Waals surface area contributed by atoms with Crippen LogP contribution < -0.4 is 0 Å². The number of aliphatic hydroxyl groups is 1. The van der Waals surface area contributed by atoms with Gasteiger partial charge in [0.15, 0.2) is 0 Å². The van der Waals surface area contributed by atoms with E-state index in [-0.39, 0.29) is 6.61 Å². The molecule has 0 heterocycles. The van der Waals surface area contributed by atoms with Crippen LogP contribution in [0, 0.1) is 0 Å². The number of rotatable bonds is 2. The van der Waals surface area contributed by atoms with Crippen molar-refractivity contribution in [2.75, 3.05) is 6.61 Å². The summed E-state index contributed by atoms with van der Waals surface area (Å²) in [6.45, 7) is 6.06. The molecule has 0 aliphatic carbocycles. The minimum atomic E-state index is 0.158. The van der Waals surface area contributed by atoms with Gasteiger partial charge in [-0.15, -0.1) is 0 Å². The highest BCUT2D eigenvalue weighted by atomic mass is 16.3. The largest absolute Gasteiger partial charge is 0.392 e. The standard InChI is InChI=1S/C8H14O/c1-4-7(2)5-8(3)6-9/h4-5,9H,6H2,1-3H3/b7-4-,8-5+. The van der Waals surface area contributed by atoms with E-state index in [9.17, 15) is 0 Å². The fraction of sp³-hybridized carbons (Fsp3) is 0.500. The average Bonchev–Trinajstić information content (AvgIpc) is 1.87. The summed E-state index contributed by atoms with van der Waals surface area (Å²) in [4.78, 5) is 0. The highest BCUT2D eigenvalue weighted by Gasteiger charge is 1.83. The Labute approximate surface area is 56.7 Å². The van der Waals surface area contributed by atoms with Crippen molar-refractivity contribution in [3.8, 4) is 0 Å². The van der Waals surface area contributed by atoms with Gasteiger partial charge in [-0.2, -0.15) is 0 Å². The van der Waals surface area contributed by atoms with Gasteiger partial charge in [0.05, 0.1) is 6.61 Å². The predicted octanol–water partition coefficient (Wildman–Crippen LogP) is 1.89. The van der Waals surface area contributed by atoms with E-state index in [1.807, 2.05) is 32.9 Å². The van der Waals surface area contributed by atoms with Crippen LogP contribution in [0.1, 0.15) is 20.8 Å². The van der Waals surface area contributed by atoms with Crippen molar-refractivity contribution in [1.82, 2.24) is 0 Å². The van der Waals surface area contributed by atoms with Crippen LogP contribution in [0.2, 0.25) is 0 Å². The van der Waals surface area contributed by atoms with Crippen molar-refractivity contribution in [3.05, 3.63) is 23.3 Å². The molecular formula is C8H14O. The van der Waals surface area contributed by atoms with E-state index in [4.69, 9.17) is 5.11 Å². The Balaban J connectivity index is 3.95. The molecular weight excluding hydrogens is 112 g/mol. The van der Waals surface area contributed by atoms with Crippen molar-refractivity contribution in [2.24, 2.45) is 0 Å². The minimum absolute atomic E-state index is 0.158. The maximum atomic E-state index is 8.58. The molecule has 52 valence electrons. The van der Waals surface area contributed by atoms with Gasteiger partial charge in [0.25, 0.3) is 0 Å². The summed E-state index contributed by atoms with van der Waals surface area (Å²) in [7, 11) is 0. The van der Waals surface area contributed by atoms with Crippen LogP contribution in [-0.4, -0.2) is 11.7 Å². The summed E-state index contributed by atoms with van der Waals surface area (Å²) < 4.78 is 0. The highest BCUT2D eigenvalue weighted by Crippen LogP contribution is 1.99. The first kappa shape index (κ1) is 8.44. The van der Waals surface area contributed by atoms with Gasteiger partial charge in [-0.3, -0.25) is 0 Å². The first-order chi connectivity index (χ1) is 4.20. The van der Waals surface area contributed by atoms with Crippen LogP contribution in [0.5, 0.6) is 0 Å². The van der Waals surface area contributed by atoms with Gasteiger partial charge in [-0.25, -0.2) is 0 Å². The van der Waals surface area contributed by atoms with E-state index in [1.165, 1.54) is 5.57 Å². The van der Waals surface area contributed by atoms with Crippen molar-refractivity contribution < 1.29 is 5.11 Å². The van der Waals surface area contributed by atoms with Gasteiger partial charge in [0, 0.05) is 0 Å². The lowest BCUT2D eigenvalue weighted by molar-refractivity contribution is 0.331. The summed E-state index contributed by atoms with van der Waals surface area (Å²) in [5, 5.41) is 8.58. The molecule has 0 atom stereocenters. The second kappa shape index (κ2) is 4.33. The summed E-state index contributed by atoms with van der Waals surface area (Å²) in [5.41, 5.74) is 2.20. The third-order valence-electron chi connectivity index (χ3n) is 1.18. The van der Waals surface area contributed by atoms with E-state index < -0.39 is 0 Å². The van der Waals surface area contributed by atoms with Gasteiger partial charge >= 0.3 is 0 Å². The summed E-state index contributed by atoms with van der Waals surface area (Å²) >= 11 is 0. The van der Waals surface area contributed by atoms with E-state index >= 15 is 0 Å². The van der Waals surface area contributed by atoms with E-state index in [0.29, 0.717) is 0 Å². The van der Waals surface area contributed by atoms with Gasteiger partial charge in [-0.1, -0.05) is 17.7 Å². The maximum absolute atomic E-state index is 8.58. The third kappa shape index (κ3) is 3.98. The van der Waals surface area contributed by atoms with Gasteiger partial charge in [0.1, 0.15) is 0 Å². The molecule has 0 radical (unpaired) electrons. The molecule has 9 heavy (non-hydrogen) atoms. The molecule has 0 aromatic rings.